The lowest BCUT2D eigenvalue weighted by atomic mass is 10.3. The standard InChI is InChI=1S/C17H15ClN4O2S/c1-2-10-19-16-17(21-15-9-4-3-8-14(15)20-16)22-25(23,24)13-7-5-6-12(18)11-13/h2-9,11H,1,10H2,(H,19,20)(H,21,22). The van der Waals surface area contributed by atoms with Crippen LogP contribution in [-0.2, 0) is 10.0 Å². The van der Waals surface area contributed by atoms with E-state index in [9.17, 15) is 8.42 Å². The van der Waals surface area contributed by atoms with Gasteiger partial charge >= 0.3 is 0 Å². The van der Waals surface area contributed by atoms with Crippen molar-refractivity contribution in [2.24, 2.45) is 0 Å². The van der Waals surface area contributed by atoms with Gasteiger partial charge in [0.1, 0.15) is 0 Å². The molecule has 0 fully saturated rings. The van der Waals surface area contributed by atoms with Gasteiger partial charge in [-0.25, -0.2) is 18.4 Å². The van der Waals surface area contributed by atoms with Gasteiger partial charge in [0.25, 0.3) is 10.0 Å². The van der Waals surface area contributed by atoms with Gasteiger partial charge < -0.3 is 5.32 Å². The van der Waals surface area contributed by atoms with Crippen molar-refractivity contribution in [3.8, 4) is 0 Å². The maximum atomic E-state index is 12.6. The van der Waals surface area contributed by atoms with E-state index in [-0.39, 0.29) is 10.7 Å². The van der Waals surface area contributed by atoms with Gasteiger partial charge in [-0.05, 0) is 30.3 Å². The van der Waals surface area contributed by atoms with Gasteiger partial charge in [-0.15, -0.1) is 6.58 Å². The summed E-state index contributed by atoms with van der Waals surface area (Å²) in [5, 5.41) is 3.33. The van der Waals surface area contributed by atoms with Crippen molar-refractivity contribution >= 4 is 44.3 Å². The number of sulfonamides is 1. The largest absolute Gasteiger partial charge is 0.363 e. The molecular formula is C17H15ClN4O2S. The second-order valence-corrected chi connectivity index (χ2v) is 7.26. The van der Waals surface area contributed by atoms with Crippen molar-refractivity contribution < 1.29 is 8.42 Å². The Morgan fingerprint density at radius 3 is 2.36 bits per heavy atom. The molecule has 1 heterocycles. The number of aromatic nitrogens is 2. The van der Waals surface area contributed by atoms with E-state index in [1.165, 1.54) is 12.1 Å². The van der Waals surface area contributed by atoms with Crippen molar-refractivity contribution in [3.05, 3.63) is 66.2 Å². The van der Waals surface area contributed by atoms with E-state index in [0.717, 1.165) is 0 Å². The zero-order chi connectivity index (χ0) is 17.9. The summed E-state index contributed by atoms with van der Waals surface area (Å²) in [5.41, 5.74) is 1.23. The maximum absolute atomic E-state index is 12.6. The summed E-state index contributed by atoms with van der Waals surface area (Å²) in [6.07, 6.45) is 1.64. The lowest BCUT2D eigenvalue weighted by Gasteiger charge is -2.13. The summed E-state index contributed by atoms with van der Waals surface area (Å²) in [5.74, 6) is 0.435. The zero-order valence-electron chi connectivity index (χ0n) is 13.1. The highest BCUT2D eigenvalue weighted by molar-refractivity contribution is 7.92. The van der Waals surface area contributed by atoms with Crippen LogP contribution in [0.5, 0.6) is 0 Å². The second-order valence-electron chi connectivity index (χ2n) is 5.14. The molecule has 8 heteroatoms. The molecule has 25 heavy (non-hydrogen) atoms. The summed E-state index contributed by atoms with van der Waals surface area (Å²) in [7, 11) is -3.85. The number of hydrogen-bond acceptors (Lipinski definition) is 5. The summed E-state index contributed by atoms with van der Waals surface area (Å²) in [6.45, 7) is 4.05. The van der Waals surface area contributed by atoms with Gasteiger partial charge in [0.05, 0.1) is 15.9 Å². The number of benzene rings is 2. The van der Waals surface area contributed by atoms with Crippen molar-refractivity contribution in [1.82, 2.24) is 9.97 Å². The van der Waals surface area contributed by atoms with E-state index in [0.29, 0.717) is 28.4 Å². The van der Waals surface area contributed by atoms with Crippen LogP contribution in [0.4, 0.5) is 11.6 Å². The number of rotatable bonds is 6. The molecule has 0 saturated carbocycles. The summed E-state index contributed by atoms with van der Waals surface area (Å²) in [6, 6.07) is 13.2. The fourth-order valence-corrected chi connectivity index (χ4v) is 3.49. The maximum Gasteiger partial charge on any atom is 0.263 e. The Kier molecular flexibility index (Phi) is 4.87. The number of nitrogens with zero attached hydrogens (tertiary/aromatic N) is 2. The Morgan fingerprint density at radius 2 is 1.72 bits per heavy atom. The molecule has 0 aliphatic carbocycles. The van der Waals surface area contributed by atoms with E-state index in [4.69, 9.17) is 11.6 Å². The number of hydrogen-bond donors (Lipinski definition) is 2. The molecule has 0 aliphatic rings. The minimum absolute atomic E-state index is 0.0460. The number of fused-ring (bicyclic) bond motifs is 1. The molecule has 0 aliphatic heterocycles. The molecule has 0 amide bonds. The average molecular weight is 375 g/mol. The molecule has 0 atom stereocenters. The minimum atomic E-state index is -3.85. The highest BCUT2D eigenvalue weighted by Crippen LogP contribution is 2.25. The Balaban J connectivity index is 2.05. The fraction of sp³-hybridized carbons (Fsp3) is 0.0588. The molecule has 0 unspecified atom stereocenters. The predicted octanol–water partition coefficient (Wildman–Crippen LogP) is 3.68. The molecule has 0 radical (unpaired) electrons. The molecule has 3 rings (SSSR count). The lowest BCUT2D eigenvalue weighted by molar-refractivity contribution is 0.601. The van der Waals surface area contributed by atoms with Crippen molar-refractivity contribution in [2.75, 3.05) is 16.6 Å². The quantitative estimate of drug-likeness (QED) is 0.643. The second kappa shape index (κ2) is 7.08. The van der Waals surface area contributed by atoms with Crippen LogP contribution < -0.4 is 10.0 Å². The number of halogens is 1. The first kappa shape index (κ1) is 17.2. The lowest BCUT2D eigenvalue weighted by Crippen LogP contribution is -2.16. The number of para-hydroxylation sites is 2. The third-order valence-corrected chi connectivity index (χ3v) is 4.89. The van der Waals surface area contributed by atoms with Gasteiger partial charge in [-0.2, -0.15) is 0 Å². The zero-order valence-corrected chi connectivity index (χ0v) is 14.7. The molecule has 2 aromatic carbocycles. The SMILES string of the molecule is C=CCNc1nc2ccccc2nc1NS(=O)(=O)c1cccc(Cl)c1. The van der Waals surface area contributed by atoms with Crippen LogP contribution in [0.25, 0.3) is 11.0 Å². The van der Waals surface area contributed by atoms with E-state index in [2.05, 4.69) is 26.6 Å². The van der Waals surface area contributed by atoms with Crippen LogP contribution in [0.3, 0.4) is 0 Å². The van der Waals surface area contributed by atoms with Crippen molar-refractivity contribution in [1.29, 1.82) is 0 Å². The van der Waals surface area contributed by atoms with Crippen molar-refractivity contribution in [3.63, 3.8) is 0 Å². The van der Waals surface area contributed by atoms with Crippen molar-refractivity contribution in [2.45, 2.75) is 4.90 Å². The molecule has 128 valence electrons. The van der Waals surface area contributed by atoms with Crippen LogP contribution >= 0.6 is 11.6 Å². The van der Waals surface area contributed by atoms with Crippen LogP contribution in [-0.4, -0.2) is 24.9 Å². The van der Waals surface area contributed by atoms with Crippen LogP contribution in [0.1, 0.15) is 0 Å². The van der Waals surface area contributed by atoms with E-state index in [1.54, 1.807) is 30.3 Å². The molecule has 0 saturated heterocycles. The monoisotopic (exact) mass is 374 g/mol. The highest BCUT2D eigenvalue weighted by atomic mass is 35.5. The minimum Gasteiger partial charge on any atom is -0.363 e. The van der Waals surface area contributed by atoms with Gasteiger partial charge in [0.15, 0.2) is 11.6 Å². The number of anilines is 2. The first-order valence-corrected chi connectivity index (χ1v) is 9.25. The summed E-state index contributed by atoms with van der Waals surface area (Å²) in [4.78, 5) is 8.86. The summed E-state index contributed by atoms with van der Waals surface area (Å²) >= 11 is 5.89. The Labute approximate surface area is 150 Å². The van der Waals surface area contributed by atoms with Crippen LogP contribution in [0.15, 0.2) is 66.1 Å². The van der Waals surface area contributed by atoms with Gasteiger partial charge in [-0.3, -0.25) is 4.72 Å². The third-order valence-electron chi connectivity index (χ3n) is 3.32. The molecule has 1 aromatic heterocycles. The van der Waals surface area contributed by atoms with Gasteiger partial charge in [-0.1, -0.05) is 35.9 Å². The molecular weight excluding hydrogens is 360 g/mol. The first-order valence-electron chi connectivity index (χ1n) is 7.39. The molecule has 0 spiro atoms. The topological polar surface area (TPSA) is 84.0 Å². The molecule has 2 N–H and O–H groups in total. The van der Waals surface area contributed by atoms with Gasteiger partial charge in [0.2, 0.25) is 0 Å². The Morgan fingerprint density at radius 1 is 1.04 bits per heavy atom. The van der Waals surface area contributed by atoms with E-state index in [1.807, 2.05) is 12.1 Å². The molecule has 6 nitrogen and oxygen atoms in total. The van der Waals surface area contributed by atoms with Gasteiger partial charge in [0, 0.05) is 11.6 Å². The first-order chi connectivity index (χ1) is 12.0. The van der Waals surface area contributed by atoms with Crippen LogP contribution in [0, 0.1) is 0 Å². The highest BCUT2D eigenvalue weighted by Gasteiger charge is 2.18. The Hall–Kier alpha value is -2.64. The molecule has 3 aromatic rings. The number of nitrogens with one attached hydrogen (secondary N) is 2. The summed E-state index contributed by atoms with van der Waals surface area (Å²) < 4.78 is 27.7. The third kappa shape index (κ3) is 3.89. The Bertz CT molecular complexity index is 1040. The predicted molar refractivity (Wildman–Crippen MR) is 100 cm³/mol. The normalized spacial score (nSPS) is 11.2. The van der Waals surface area contributed by atoms with E-state index < -0.39 is 10.0 Å². The van der Waals surface area contributed by atoms with Crippen LogP contribution in [0.2, 0.25) is 5.02 Å². The fourth-order valence-electron chi connectivity index (χ4n) is 2.18. The molecule has 0 bridgehead atoms. The van der Waals surface area contributed by atoms with E-state index >= 15 is 0 Å². The smallest absolute Gasteiger partial charge is 0.263 e. The average Bonchev–Trinajstić information content (AvgIpc) is 2.59.